The Bertz CT molecular complexity index is 168. The summed E-state index contributed by atoms with van der Waals surface area (Å²) in [6.07, 6.45) is 0.922. The molecular formula is C9H15FO3. The van der Waals surface area contributed by atoms with Crippen molar-refractivity contribution in [2.75, 3.05) is 26.5 Å². The van der Waals surface area contributed by atoms with Gasteiger partial charge in [-0.3, -0.25) is 0 Å². The smallest absolute Gasteiger partial charge is 0.336 e. The third-order valence-corrected chi connectivity index (χ3v) is 1.26. The molecule has 0 aromatic rings. The Balaban J connectivity index is 3.32. The molecule has 4 heteroatoms. The molecule has 0 saturated carbocycles. The highest BCUT2D eigenvalue weighted by atomic mass is 19.1. The third kappa shape index (κ3) is 6.28. The monoisotopic (exact) mass is 190 g/mol. The van der Waals surface area contributed by atoms with E-state index >= 15 is 0 Å². The van der Waals surface area contributed by atoms with Crippen LogP contribution in [0.2, 0.25) is 0 Å². The summed E-state index contributed by atoms with van der Waals surface area (Å²) in [7, 11) is 0. The highest BCUT2D eigenvalue weighted by molar-refractivity contribution is 5.87. The topological polar surface area (TPSA) is 35.5 Å². The first kappa shape index (κ1) is 12.1. The average molecular weight is 190 g/mol. The van der Waals surface area contributed by atoms with E-state index in [4.69, 9.17) is 4.74 Å². The second-order valence-corrected chi connectivity index (χ2v) is 2.49. The first-order valence-electron chi connectivity index (χ1n) is 4.21. The Morgan fingerprint density at radius 1 is 1.38 bits per heavy atom. The van der Waals surface area contributed by atoms with Crippen LogP contribution in [-0.4, -0.2) is 32.5 Å². The molecule has 0 aliphatic heterocycles. The summed E-state index contributed by atoms with van der Waals surface area (Å²) in [4.78, 5) is 10.8. The largest absolute Gasteiger partial charge is 0.460 e. The van der Waals surface area contributed by atoms with Gasteiger partial charge >= 0.3 is 5.97 Å². The molecule has 0 amide bonds. The van der Waals surface area contributed by atoms with Crippen molar-refractivity contribution in [3.8, 4) is 0 Å². The summed E-state index contributed by atoms with van der Waals surface area (Å²) >= 11 is 0. The van der Waals surface area contributed by atoms with Crippen LogP contribution in [0, 0.1) is 0 Å². The van der Waals surface area contributed by atoms with E-state index in [1.807, 2.05) is 6.92 Å². The zero-order valence-corrected chi connectivity index (χ0v) is 7.85. The normalized spacial score (nSPS) is 9.69. The van der Waals surface area contributed by atoms with Crippen LogP contribution in [0.5, 0.6) is 0 Å². The molecule has 0 fully saturated rings. The molecule has 0 heterocycles. The summed E-state index contributed by atoms with van der Waals surface area (Å²) in [5.74, 6) is -0.692. The van der Waals surface area contributed by atoms with Crippen molar-refractivity contribution >= 4 is 5.97 Å². The molecule has 3 nitrogen and oxygen atoms in total. The Morgan fingerprint density at radius 3 is 2.62 bits per heavy atom. The Morgan fingerprint density at radius 2 is 2.08 bits per heavy atom. The Labute approximate surface area is 77.5 Å². The van der Waals surface area contributed by atoms with E-state index < -0.39 is 12.6 Å². The molecule has 0 aliphatic carbocycles. The molecule has 0 aromatic heterocycles. The van der Waals surface area contributed by atoms with Gasteiger partial charge in [0.1, 0.15) is 13.3 Å². The van der Waals surface area contributed by atoms with Crippen molar-refractivity contribution < 1.29 is 18.7 Å². The van der Waals surface area contributed by atoms with Crippen molar-refractivity contribution in [3.63, 3.8) is 0 Å². The molecule has 0 radical (unpaired) electrons. The van der Waals surface area contributed by atoms with Crippen LogP contribution in [0.1, 0.15) is 13.3 Å². The van der Waals surface area contributed by atoms with Gasteiger partial charge in [-0.25, -0.2) is 9.18 Å². The molecule has 0 saturated heterocycles. The minimum Gasteiger partial charge on any atom is -0.460 e. The van der Waals surface area contributed by atoms with Crippen LogP contribution in [0.15, 0.2) is 12.2 Å². The van der Waals surface area contributed by atoms with Gasteiger partial charge in [-0.1, -0.05) is 13.5 Å². The molecule has 0 atom stereocenters. The number of hydrogen-bond donors (Lipinski definition) is 0. The van der Waals surface area contributed by atoms with Gasteiger partial charge in [0, 0.05) is 6.61 Å². The minimum atomic E-state index is -0.866. The lowest BCUT2D eigenvalue weighted by Crippen LogP contribution is -2.13. The predicted molar refractivity (Wildman–Crippen MR) is 47.2 cm³/mol. The molecule has 76 valence electrons. The zero-order chi connectivity index (χ0) is 10.1. The maximum atomic E-state index is 11.8. The minimum absolute atomic E-state index is 0.151. The standard InChI is InChI=1S/C9H15FO3/c1-3-4-12-5-6-13-9(11)8(2)7-10/h2-7H2,1H3. The van der Waals surface area contributed by atoms with E-state index in [-0.39, 0.29) is 12.2 Å². The lowest BCUT2D eigenvalue weighted by atomic mass is 10.3. The van der Waals surface area contributed by atoms with Crippen LogP contribution in [-0.2, 0) is 14.3 Å². The van der Waals surface area contributed by atoms with Crippen molar-refractivity contribution in [1.82, 2.24) is 0 Å². The first-order chi connectivity index (χ1) is 6.22. The summed E-state index contributed by atoms with van der Waals surface area (Å²) < 4.78 is 21.5. The SMILES string of the molecule is C=C(CF)C(=O)OCCOCCC. The van der Waals surface area contributed by atoms with Crippen LogP contribution in [0.25, 0.3) is 0 Å². The molecule has 0 rings (SSSR count). The van der Waals surface area contributed by atoms with E-state index in [2.05, 4.69) is 11.3 Å². The van der Waals surface area contributed by atoms with Gasteiger partial charge in [-0.05, 0) is 6.42 Å². The molecule has 0 bridgehead atoms. The number of carbonyl (C=O) groups is 1. The summed E-state index contributed by atoms with van der Waals surface area (Å²) in [5, 5.41) is 0. The maximum absolute atomic E-state index is 11.8. The number of carbonyl (C=O) groups excluding carboxylic acids is 1. The van der Waals surface area contributed by atoms with Crippen molar-refractivity contribution in [3.05, 3.63) is 12.2 Å². The van der Waals surface area contributed by atoms with Crippen LogP contribution in [0.3, 0.4) is 0 Å². The molecule has 0 unspecified atom stereocenters. The van der Waals surface area contributed by atoms with Gasteiger partial charge in [0.25, 0.3) is 0 Å². The number of ether oxygens (including phenoxy) is 2. The number of rotatable bonds is 7. The first-order valence-corrected chi connectivity index (χ1v) is 4.21. The van der Waals surface area contributed by atoms with Gasteiger partial charge in [-0.15, -0.1) is 0 Å². The molecule has 0 aliphatic rings. The van der Waals surface area contributed by atoms with Crippen LogP contribution >= 0.6 is 0 Å². The van der Waals surface area contributed by atoms with E-state index in [9.17, 15) is 9.18 Å². The molecule has 0 aromatic carbocycles. The Hall–Kier alpha value is -0.900. The van der Waals surface area contributed by atoms with Gasteiger partial charge in [0.2, 0.25) is 0 Å². The zero-order valence-electron chi connectivity index (χ0n) is 7.85. The van der Waals surface area contributed by atoms with E-state index in [0.29, 0.717) is 13.2 Å². The third-order valence-electron chi connectivity index (χ3n) is 1.26. The molecule has 13 heavy (non-hydrogen) atoms. The van der Waals surface area contributed by atoms with Gasteiger partial charge in [0.15, 0.2) is 0 Å². The van der Waals surface area contributed by atoms with Gasteiger partial charge < -0.3 is 9.47 Å². The number of hydrogen-bond acceptors (Lipinski definition) is 3. The van der Waals surface area contributed by atoms with E-state index in [1.54, 1.807) is 0 Å². The number of alkyl halides is 1. The molecule has 0 N–H and O–H groups in total. The van der Waals surface area contributed by atoms with E-state index in [0.717, 1.165) is 6.42 Å². The molecular weight excluding hydrogens is 175 g/mol. The van der Waals surface area contributed by atoms with Gasteiger partial charge in [-0.2, -0.15) is 0 Å². The fourth-order valence-electron chi connectivity index (χ4n) is 0.596. The summed E-state index contributed by atoms with van der Waals surface area (Å²) in [5.41, 5.74) is -0.157. The second kappa shape index (κ2) is 7.73. The number of halogens is 1. The van der Waals surface area contributed by atoms with Crippen molar-refractivity contribution in [2.45, 2.75) is 13.3 Å². The summed E-state index contributed by atoms with van der Waals surface area (Å²) in [6, 6.07) is 0. The van der Waals surface area contributed by atoms with Gasteiger partial charge in [0.05, 0.1) is 12.2 Å². The van der Waals surface area contributed by atoms with Crippen molar-refractivity contribution in [2.24, 2.45) is 0 Å². The highest BCUT2D eigenvalue weighted by Gasteiger charge is 2.06. The Kier molecular flexibility index (Phi) is 7.20. The van der Waals surface area contributed by atoms with E-state index in [1.165, 1.54) is 0 Å². The summed E-state index contributed by atoms with van der Waals surface area (Å²) in [6.45, 7) is 5.45. The second-order valence-electron chi connectivity index (χ2n) is 2.49. The van der Waals surface area contributed by atoms with Crippen LogP contribution < -0.4 is 0 Å². The lowest BCUT2D eigenvalue weighted by molar-refractivity contribution is -0.140. The lowest BCUT2D eigenvalue weighted by Gasteiger charge is -2.04. The number of esters is 1. The van der Waals surface area contributed by atoms with Crippen LogP contribution in [0.4, 0.5) is 4.39 Å². The fraction of sp³-hybridized carbons (Fsp3) is 0.667. The van der Waals surface area contributed by atoms with Crippen molar-refractivity contribution in [1.29, 1.82) is 0 Å². The average Bonchev–Trinajstić information content (AvgIpc) is 2.16. The quantitative estimate of drug-likeness (QED) is 0.346. The maximum Gasteiger partial charge on any atom is 0.336 e. The predicted octanol–water partition coefficient (Wildman–Crippen LogP) is 1.48. The molecule has 0 spiro atoms. The fourth-order valence-corrected chi connectivity index (χ4v) is 0.596. The highest BCUT2D eigenvalue weighted by Crippen LogP contribution is 1.95.